The Morgan fingerprint density at radius 1 is 1.24 bits per heavy atom. The fourth-order valence-electron chi connectivity index (χ4n) is 2.96. The van der Waals surface area contributed by atoms with Crippen LogP contribution in [0.4, 0.5) is 4.79 Å². The van der Waals surface area contributed by atoms with Crippen LogP contribution in [0.15, 0.2) is 24.3 Å². The number of halogens is 1. The fraction of sp³-hybridized carbons (Fsp3) is 0.471. The summed E-state index contributed by atoms with van der Waals surface area (Å²) in [4.78, 5) is 39.6. The van der Waals surface area contributed by atoms with Crippen LogP contribution in [0.25, 0.3) is 0 Å². The number of carbonyl (C=O) groups excluding carboxylic acids is 3. The molecule has 0 bridgehead atoms. The van der Waals surface area contributed by atoms with Crippen LogP contribution in [0.3, 0.4) is 0 Å². The summed E-state index contributed by atoms with van der Waals surface area (Å²) >= 11 is 6.09. The van der Waals surface area contributed by atoms with Crippen molar-refractivity contribution in [2.45, 2.75) is 25.4 Å². The number of hydrogen-bond donors (Lipinski definition) is 1. The van der Waals surface area contributed by atoms with Crippen molar-refractivity contribution >= 4 is 29.4 Å². The molecule has 2 aliphatic rings. The molecule has 7 nitrogen and oxygen atoms in total. The zero-order valence-electron chi connectivity index (χ0n) is 13.7. The van der Waals surface area contributed by atoms with Crippen LogP contribution >= 0.6 is 11.6 Å². The molecule has 1 N–H and O–H groups in total. The van der Waals surface area contributed by atoms with Crippen molar-refractivity contribution < 1.29 is 19.1 Å². The predicted molar refractivity (Wildman–Crippen MR) is 91.0 cm³/mol. The average molecular weight is 366 g/mol. The van der Waals surface area contributed by atoms with Crippen molar-refractivity contribution in [3.8, 4) is 0 Å². The molecule has 3 rings (SSSR count). The maximum absolute atomic E-state index is 12.5. The molecule has 2 saturated heterocycles. The minimum atomic E-state index is -0.667. The van der Waals surface area contributed by atoms with E-state index >= 15 is 0 Å². The van der Waals surface area contributed by atoms with Gasteiger partial charge in [-0.15, -0.1) is 0 Å². The van der Waals surface area contributed by atoms with Gasteiger partial charge in [0.05, 0.1) is 19.8 Å². The summed E-state index contributed by atoms with van der Waals surface area (Å²) < 4.78 is 5.22. The molecule has 0 saturated carbocycles. The van der Waals surface area contributed by atoms with Crippen LogP contribution in [0.5, 0.6) is 0 Å². The normalized spacial score (nSPS) is 20.8. The lowest BCUT2D eigenvalue weighted by atomic mass is 10.1. The summed E-state index contributed by atoms with van der Waals surface area (Å²) in [6, 6.07) is 5.97. The smallest absolute Gasteiger partial charge is 0.325 e. The molecule has 1 aromatic carbocycles. The number of urea groups is 1. The van der Waals surface area contributed by atoms with Crippen molar-refractivity contribution in [2.75, 3.05) is 26.3 Å². The first kappa shape index (κ1) is 17.7. The van der Waals surface area contributed by atoms with Crippen LogP contribution < -0.4 is 5.32 Å². The van der Waals surface area contributed by atoms with E-state index in [2.05, 4.69) is 5.32 Å². The van der Waals surface area contributed by atoms with Gasteiger partial charge in [0.2, 0.25) is 5.91 Å². The molecule has 2 fully saturated rings. The molecule has 0 radical (unpaired) electrons. The van der Waals surface area contributed by atoms with Crippen molar-refractivity contribution in [3.05, 3.63) is 34.9 Å². The van der Waals surface area contributed by atoms with Gasteiger partial charge in [-0.1, -0.05) is 29.8 Å². The highest BCUT2D eigenvalue weighted by Gasteiger charge is 2.38. The monoisotopic (exact) mass is 365 g/mol. The molecular weight excluding hydrogens is 346 g/mol. The largest absolute Gasteiger partial charge is 0.378 e. The molecule has 8 heteroatoms. The van der Waals surface area contributed by atoms with Crippen molar-refractivity contribution in [1.29, 1.82) is 0 Å². The van der Waals surface area contributed by atoms with Crippen molar-refractivity contribution in [3.63, 3.8) is 0 Å². The van der Waals surface area contributed by atoms with E-state index in [0.717, 1.165) is 4.90 Å². The highest BCUT2D eigenvalue weighted by molar-refractivity contribution is 6.31. The number of rotatable bonds is 5. The Morgan fingerprint density at radius 2 is 1.96 bits per heavy atom. The van der Waals surface area contributed by atoms with E-state index in [9.17, 15) is 14.4 Å². The van der Waals surface area contributed by atoms with Gasteiger partial charge in [0.25, 0.3) is 5.91 Å². The van der Waals surface area contributed by atoms with E-state index in [0.29, 0.717) is 43.3 Å². The summed E-state index contributed by atoms with van der Waals surface area (Å²) in [5.41, 5.74) is 0.706. The topological polar surface area (TPSA) is 79.0 Å². The van der Waals surface area contributed by atoms with E-state index < -0.39 is 12.1 Å². The summed E-state index contributed by atoms with van der Waals surface area (Å²) in [7, 11) is 0. The van der Waals surface area contributed by atoms with Gasteiger partial charge in [0.15, 0.2) is 0 Å². The minimum Gasteiger partial charge on any atom is -0.378 e. The lowest BCUT2D eigenvalue weighted by Crippen LogP contribution is -2.41. The average Bonchev–Trinajstić information content (AvgIpc) is 2.89. The van der Waals surface area contributed by atoms with Crippen molar-refractivity contribution in [1.82, 2.24) is 15.1 Å². The summed E-state index contributed by atoms with van der Waals surface area (Å²) in [5.74, 6) is -0.338. The molecule has 4 amide bonds. The van der Waals surface area contributed by atoms with Crippen LogP contribution in [0.1, 0.15) is 18.4 Å². The second-order valence-corrected chi connectivity index (χ2v) is 6.46. The Bertz CT molecular complexity index is 676. The lowest BCUT2D eigenvalue weighted by Gasteiger charge is -2.27. The third-order valence-electron chi connectivity index (χ3n) is 4.40. The number of benzene rings is 1. The van der Waals surface area contributed by atoms with E-state index in [1.54, 1.807) is 29.2 Å². The van der Waals surface area contributed by atoms with Gasteiger partial charge in [0.1, 0.15) is 6.04 Å². The summed E-state index contributed by atoms with van der Waals surface area (Å²) in [6.45, 7) is 2.34. The standard InChI is InChI=1S/C17H20ClN3O4/c18-13-4-2-1-3-12(13)11-21-16(23)14(19-17(21)24)5-6-15(22)20-7-9-25-10-8-20/h1-4,14H,5-11H2,(H,19,24). The Labute approximate surface area is 150 Å². The minimum absolute atomic E-state index is 0.0186. The Balaban J connectivity index is 1.55. The zero-order valence-corrected chi connectivity index (χ0v) is 14.5. The van der Waals surface area contributed by atoms with Gasteiger partial charge in [-0.3, -0.25) is 14.5 Å². The highest BCUT2D eigenvalue weighted by atomic mass is 35.5. The van der Waals surface area contributed by atoms with Gasteiger partial charge in [0, 0.05) is 24.5 Å². The van der Waals surface area contributed by atoms with Crippen molar-refractivity contribution in [2.24, 2.45) is 0 Å². The second kappa shape index (κ2) is 7.84. The van der Waals surface area contributed by atoms with Crippen LogP contribution in [-0.4, -0.2) is 60.0 Å². The second-order valence-electron chi connectivity index (χ2n) is 6.05. The Morgan fingerprint density at radius 3 is 2.68 bits per heavy atom. The number of ether oxygens (including phenoxy) is 1. The number of hydrogen-bond acceptors (Lipinski definition) is 4. The molecule has 1 aromatic rings. The van der Waals surface area contributed by atoms with E-state index in [-0.39, 0.29) is 24.8 Å². The molecule has 134 valence electrons. The number of nitrogens with zero attached hydrogens (tertiary/aromatic N) is 2. The van der Waals surface area contributed by atoms with Gasteiger partial charge in [-0.05, 0) is 18.1 Å². The first-order valence-electron chi connectivity index (χ1n) is 8.27. The number of carbonyl (C=O) groups is 3. The summed E-state index contributed by atoms with van der Waals surface area (Å²) in [5, 5.41) is 3.16. The maximum atomic E-state index is 12.5. The molecule has 1 unspecified atom stereocenters. The van der Waals surface area contributed by atoms with Crippen LogP contribution in [0.2, 0.25) is 5.02 Å². The van der Waals surface area contributed by atoms with Gasteiger partial charge >= 0.3 is 6.03 Å². The SMILES string of the molecule is O=C(CCC1NC(=O)N(Cc2ccccc2Cl)C1=O)N1CCOCC1. The number of morpholine rings is 1. The van der Waals surface area contributed by atoms with Crippen LogP contribution in [-0.2, 0) is 20.9 Å². The molecule has 2 aliphatic heterocycles. The third kappa shape index (κ3) is 4.11. The molecule has 1 atom stereocenters. The third-order valence-corrected chi connectivity index (χ3v) is 4.77. The van der Waals surface area contributed by atoms with Gasteiger partial charge in [-0.25, -0.2) is 4.79 Å². The zero-order chi connectivity index (χ0) is 17.8. The Kier molecular flexibility index (Phi) is 5.55. The van der Waals surface area contributed by atoms with Gasteiger partial charge in [-0.2, -0.15) is 0 Å². The lowest BCUT2D eigenvalue weighted by molar-refractivity contribution is -0.135. The predicted octanol–water partition coefficient (Wildman–Crippen LogP) is 1.40. The number of imide groups is 1. The molecule has 0 aromatic heterocycles. The molecular formula is C17H20ClN3O4. The first-order valence-corrected chi connectivity index (χ1v) is 8.65. The number of amides is 4. The first-order chi connectivity index (χ1) is 12.1. The molecule has 0 spiro atoms. The molecule has 2 heterocycles. The fourth-order valence-corrected chi connectivity index (χ4v) is 3.15. The number of nitrogens with one attached hydrogen (secondary N) is 1. The Hall–Kier alpha value is -2.12. The van der Waals surface area contributed by atoms with E-state index in [1.807, 2.05) is 0 Å². The highest BCUT2D eigenvalue weighted by Crippen LogP contribution is 2.20. The van der Waals surface area contributed by atoms with E-state index in [1.165, 1.54) is 0 Å². The maximum Gasteiger partial charge on any atom is 0.325 e. The van der Waals surface area contributed by atoms with Gasteiger partial charge < -0.3 is 15.0 Å². The molecule has 25 heavy (non-hydrogen) atoms. The quantitative estimate of drug-likeness (QED) is 0.800. The molecule has 0 aliphatic carbocycles. The van der Waals surface area contributed by atoms with Crippen LogP contribution in [0, 0.1) is 0 Å². The van der Waals surface area contributed by atoms with E-state index in [4.69, 9.17) is 16.3 Å². The summed E-state index contributed by atoms with van der Waals surface area (Å²) in [6.07, 6.45) is 0.510.